The highest BCUT2D eigenvalue weighted by molar-refractivity contribution is 6.00. The number of nitrogens with one attached hydrogen (secondary N) is 2. The fourth-order valence-electron chi connectivity index (χ4n) is 3.24. The molecule has 2 aliphatic heterocycles. The summed E-state index contributed by atoms with van der Waals surface area (Å²) in [5.41, 5.74) is 0.605. The van der Waals surface area contributed by atoms with Gasteiger partial charge < -0.3 is 20.3 Å². The Morgan fingerprint density at radius 2 is 2.04 bits per heavy atom. The van der Waals surface area contributed by atoms with Crippen LogP contribution in [0.1, 0.15) is 19.3 Å². The Balaban J connectivity index is 1.64. The summed E-state index contributed by atoms with van der Waals surface area (Å²) in [5.74, 6) is -0.310. The number of carbonyl (C=O) groups excluding carboxylic acids is 2. The van der Waals surface area contributed by atoms with Crippen molar-refractivity contribution in [2.45, 2.75) is 31.9 Å². The molecule has 2 saturated heterocycles. The van der Waals surface area contributed by atoms with Crippen LogP contribution < -0.4 is 20.3 Å². The molecular formula is C17H21F2N3O3. The van der Waals surface area contributed by atoms with E-state index in [1.165, 1.54) is 12.1 Å². The van der Waals surface area contributed by atoms with E-state index in [-0.39, 0.29) is 23.5 Å². The van der Waals surface area contributed by atoms with Gasteiger partial charge in [-0.15, -0.1) is 0 Å². The molecule has 2 N–H and O–H groups in total. The second-order valence-electron chi connectivity index (χ2n) is 6.26. The van der Waals surface area contributed by atoms with Crippen molar-refractivity contribution < 1.29 is 23.1 Å². The number of benzene rings is 1. The number of nitrogens with zero attached hydrogens (tertiary/aromatic N) is 1. The van der Waals surface area contributed by atoms with Crippen molar-refractivity contribution in [3.05, 3.63) is 24.3 Å². The Morgan fingerprint density at radius 3 is 2.68 bits per heavy atom. The summed E-state index contributed by atoms with van der Waals surface area (Å²) in [6.45, 7) is -0.893. The molecule has 0 saturated carbocycles. The van der Waals surface area contributed by atoms with Gasteiger partial charge in [-0.25, -0.2) is 0 Å². The molecule has 0 aromatic heterocycles. The molecule has 2 atom stereocenters. The lowest BCUT2D eigenvalue weighted by Crippen LogP contribution is -2.53. The van der Waals surface area contributed by atoms with E-state index >= 15 is 0 Å². The molecule has 1 aromatic rings. The number of anilines is 1. The van der Waals surface area contributed by atoms with E-state index in [9.17, 15) is 18.4 Å². The maximum Gasteiger partial charge on any atom is 0.387 e. The number of amides is 2. The van der Waals surface area contributed by atoms with Crippen molar-refractivity contribution in [1.82, 2.24) is 10.6 Å². The maximum atomic E-state index is 12.7. The molecule has 0 radical (unpaired) electrons. The van der Waals surface area contributed by atoms with Crippen molar-refractivity contribution in [1.29, 1.82) is 0 Å². The van der Waals surface area contributed by atoms with Gasteiger partial charge in [-0.3, -0.25) is 9.59 Å². The number of piperidine rings is 1. The lowest BCUT2D eigenvalue weighted by Gasteiger charge is -2.33. The van der Waals surface area contributed by atoms with Gasteiger partial charge in [0.2, 0.25) is 11.8 Å². The fourth-order valence-corrected chi connectivity index (χ4v) is 3.24. The summed E-state index contributed by atoms with van der Waals surface area (Å²) >= 11 is 0. The van der Waals surface area contributed by atoms with Crippen molar-refractivity contribution in [3.8, 4) is 5.75 Å². The standard InChI is InChI=1S/C17H21F2N3O3/c18-17(19)25-13-5-3-12(4-6-13)22-9-1-2-14(16(22)24)21-15(23)11-7-8-20-10-11/h3-6,11,14,17,20H,1-2,7-10H2,(H,21,23). The van der Waals surface area contributed by atoms with Crippen molar-refractivity contribution >= 4 is 17.5 Å². The van der Waals surface area contributed by atoms with Gasteiger partial charge in [-0.2, -0.15) is 8.78 Å². The average molecular weight is 353 g/mol. The third-order valence-electron chi connectivity index (χ3n) is 4.56. The van der Waals surface area contributed by atoms with Gasteiger partial charge in [-0.05, 0) is 50.1 Å². The van der Waals surface area contributed by atoms with Gasteiger partial charge in [0.15, 0.2) is 0 Å². The van der Waals surface area contributed by atoms with E-state index < -0.39 is 12.7 Å². The zero-order chi connectivity index (χ0) is 17.8. The lowest BCUT2D eigenvalue weighted by atomic mass is 10.0. The fraction of sp³-hybridized carbons (Fsp3) is 0.529. The highest BCUT2D eigenvalue weighted by Crippen LogP contribution is 2.25. The first-order chi connectivity index (χ1) is 12.0. The Hall–Kier alpha value is -2.22. The summed E-state index contributed by atoms with van der Waals surface area (Å²) in [7, 11) is 0. The molecule has 2 aliphatic rings. The Labute approximate surface area is 144 Å². The van der Waals surface area contributed by atoms with Crippen LogP contribution in [0.2, 0.25) is 0 Å². The number of rotatable bonds is 5. The van der Waals surface area contributed by atoms with Crippen LogP contribution in [0.15, 0.2) is 24.3 Å². The molecule has 0 spiro atoms. The first kappa shape index (κ1) is 17.6. The number of alkyl halides is 2. The smallest absolute Gasteiger partial charge is 0.387 e. The minimum absolute atomic E-state index is 0.0433. The van der Waals surface area contributed by atoms with Gasteiger partial charge in [-0.1, -0.05) is 0 Å². The summed E-state index contributed by atoms with van der Waals surface area (Å²) < 4.78 is 28.7. The van der Waals surface area contributed by atoms with Gasteiger partial charge in [0.1, 0.15) is 11.8 Å². The van der Waals surface area contributed by atoms with Gasteiger partial charge in [0.05, 0.1) is 5.92 Å². The zero-order valence-electron chi connectivity index (χ0n) is 13.7. The van der Waals surface area contributed by atoms with E-state index in [0.29, 0.717) is 25.2 Å². The molecule has 0 bridgehead atoms. The van der Waals surface area contributed by atoms with Crippen LogP contribution in [0.3, 0.4) is 0 Å². The number of halogens is 2. The van der Waals surface area contributed by atoms with Crippen molar-refractivity contribution in [2.24, 2.45) is 5.92 Å². The van der Waals surface area contributed by atoms with E-state index in [4.69, 9.17) is 0 Å². The number of carbonyl (C=O) groups is 2. The van der Waals surface area contributed by atoms with Crippen LogP contribution in [0, 0.1) is 5.92 Å². The largest absolute Gasteiger partial charge is 0.435 e. The molecule has 0 aliphatic carbocycles. The molecule has 2 fully saturated rings. The molecule has 3 rings (SSSR count). The molecule has 25 heavy (non-hydrogen) atoms. The highest BCUT2D eigenvalue weighted by Gasteiger charge is 2.33. The molecule has 2 unspecified atom stereocenters. The van der Waals surface area contributed by atoms with E-state index in [1.54, 1.807) is 17.0 Å². The summed E-state index contributed by atoms with van der Waals surface area (Å²) in [6, 6.07) is 5.41. The first-order valence-electron chi connectivity index (χ1n) is 8.42. The average Bonchev–Trinajstić information content (AvgIpc) is 3.12. The van der Waals surface area contributed by atoms with Gasteiger partial charge in [0, 0.05) is 18.8 Å². The lowest BCUT2D eigenvalue weighted by molar-refractivity contribution is -0.130. The summed E-state index contributed by atoms with van der Waals surface area (Å²) in [4.78, 5) is 26.5. The molecular weight excluding hydrogens is 332 g/mol. The SMILES string of the molecule is O=C(NC1CCCN(c2ccc(OC(F)F)cc2)C1=O)C1CCNC1. The number of ether oxygens (including phenoxy) is 1. The van der Waals surface area contributed by atoms with Crippen LogP contribution >= 0.6 is 0 Å². The molecule has 1 aromatic carbocycles. The molecule has 8 heteroatoms. The third-order valence-corrected chi connectivity index (χ3v) is 4.56. The first-order valence-corrected chi connectivity index (χ1v) is 8.42. The minimum Gasteiger partial charge on any atom is -0.435 e. The predicted octanol–water partition coefficient (Wildman–Crippen LogP) is 1.51. The topological polar surface area (TPSA) is 70.7 Å². The Kier molecular flexibility index (Phi) is 5.47. The second kappa shape index (κ2) is 7.77. The summed E-state index contributed by atoms with van der Waals surface area (Å²) in [6.07, 6.45) is 2.14. The predicted molar refractivity (Wildman–Crippen MR) is 87.6 cm³/mol. The van der Waals surface area contributed by atoms with E-state index in [1.807, 2.05) is 0 Å². The van der Waals surface area contributed by atoms with Crippen molar-refractivity contribution in [2.75, 3.05) is 24.5 Å². The molecule has 2 amide bonds. The van der Waals surface area contributed by atoms with Crippen LogP contribution in [-0.2, 0) is 9.59 Å². The van der Waals surface area contributed by atoms with E-state index in [0.717, 1.165) is 19.4 Å². The monoisotopic (exact) mass is 353 g/mol. The molecule has 136 valence electrons. The van der Waals surface area contributed by atoms with Crippen LogP contribution in [-0.4, -0.2) is 44.1 Å². The zero-order valence-corrected chi connectivity index (χ0v) is 13.7. The third kappa shape index (κ3) is 4.25. The van der Waals surface area contributed by atoms with Crippen LogP contribution in [0.25, 0.3) is 0 Å². The van der Waals surface area contributed by atoms with Crippen LogP contribution in [0.4, 0.5) is 14.5 Å². The minimum atomic E-state index is -2.88. The van der Waals surface area contributed by atoms with Gasteiger partial charge in [0.25, 0.3) is 0 Å². The van der Waals surface area contributed by atoms with Crippen LogP contribution in [0.5, 0.6) is 5.75 Å². The summed E-state index contributed by atoms with van der Waals surface area (Å²) in [5, 5.41) is 5.99. The Morgan fingerprint density at radius 1 is 1.28 bits per heavy atom. The molecule has 2 heterocycles. The maximum absolute atomic E-state index is 12.7. The van der Waals surface area contributed by atoms with Gasteiger partial charge >= 0.3 is 6.61 Å². The number of hydrogen-bond donors (Lipinski definition) is 2. The Bertz CT molecular complexity index is 618. The molecule has 6 nitrogen and oxygen atoms in total. The second-order valence-corrected chi connectivity index (χ2v) is 6.26. The normalized spacial score (nSPS) is 23.8. The highest BCUT2D eigenvalue weighted by atomic mass is 19.3. The van der Waals surface area contributed by atoms with Crippen molar-refractivity contribution in [3.63, 3.8) is 0 Å². The number of hydrogen-bond acceptors (Lipinski definition) is 4. The quantitative estimate of drug-likeness (QED) is 0.842. The van der Waals surface area contributed by atoms with E-state index in [2.05, 4.69) is 15.4 Å².